The largest absolute Gasteiger partial charge is 0.387 e. The monoisotopic (exact) mass is 324 g/mol. The lowest BCUT2D eigenvalue weighted by Crippen LogP contribution is -1.96. The molecule has 0 radical (unpaired) electrons. The molecule has 1 aliphatic rings. The molecule has 2 rings (SSSR count). The smallest absolute Gasteiger partial charge is 0.338 e. The third kappa shape index (κ3) is 16.9. The molecule has 24 heavy (non-hydrogen) atoms. The third-order valence-corrected chi connectivity index (χ3v) is 2.11. The van der Waals surface area contributed by atoms with Crippen LogP contribution in [-0.2, 0) is 14.3 Å². The van der Waals surface area contributed by atoms with E-state index >= 15 is 0 Å². The van der Waals surface area contributed by atoms with E-state index in [0.717, 1.165) is 17.7 Å². The molecule has 1 aromatic rings. The van der Waals surface area contributed by atoms with E-state index in [-0.39, 0.29) is 0 Å². The van der Waals surface area contributed by atoms with E-state index in [1.54, 1.807) is 18.2 Å². The molecule has 3 heteroatoms. The molecule has 0 aliphatic carbocycles. The molecule has 0 aromatic heterocycles. The first-order chi connectivity index (χ1) is 11.4. The van der Waals surface area contributed by atoms with Gasteiger partial charge in [0.05, 0.1) is 0 Å². The van der Waals surface area contributed by atoms with Crippen LogP contribution in [0, 0.1) is 0 Å². The van der Waals surface area contributed by atoms with Crippen LogP contribution in [0.15, 0.2) is 99.2 Å². The second-order valence-corrected chi connectivity index (χ2v) is 4.21. The van der Waals surface area contributed by atoms with E-state index in [2.05, 4.69) is 37.6 Å². The minimum absolute atomic E-state index is 0.579. The van der Waals surface area contributed by atoms with Gasteiger partial charge in [0, 0.05) is 12.2 Å². The molecule has 1 aliphatic heterocycles. The lowest BCUT2D eigenvalue weighted by atomic mass is 10.2. The Balaban J connectivity index is 0. The van der Waals surface area contributed by atoms with Crippen molar-refractivity contribution in [3.05, 3.63) is 105 Å². The number of allylic oxidation sites excluding steroid dienone is 4. The van der Waals surface area contributed by atoms with Gasteiger partial charge in [-0.1, -0.05) is 93.1 Å². The molecule has 3 nitrogen and oxygen atoms in total. The number of rotatable bonds is 3. The zero-order chi connectivity index (χ0) is 18.8. The highest BCUT2D eigenvalue weighted by molar-refractivity contribution is 6.04. The van der Waals surface area contributed by atoms with Crippen molar-refractivity contribution >= 4 is 18.0 Å². The van der Waals surface area contributed by atoms with Gasteiger partial charge in [0.25, 0.3) is 0 Å². The Morgan fingerprint density at radius 3 is 1.50 bits per heavy atom. The van der Waals surface area contributed by atoms with E-state index in [9.17, 15) is 9.59 Å². The second-order valence-electron chi connectivity index (χ2n) is 4.21. The van der Waals surface area contributed by atoms with Crippen molar-refractivity contribution in [2.75, 3.05) is 0 Å². The topological polar surface area (TPSA) is 43.4 Å². The minimum Gasteiger partial charge on any atom is -0.387 e. The van der Waals surface area contributed by atoms with Gasteiger partial charge in [0.1, 0.15) is 0 Å². The van der Waals surface area contributed by atoms with Crippen LogP contribution in [0.3, 0.4) is 0 Å². The maximum Gasteiger partial charge on any atom is 0.338 e. The molecule has 1 heterocycles. The van der Waals surface area contributed by atoms with E-state index in [0.29, 0.717) is 0 Å². The molecule has 0 amide bonds. The van der Waals surface area contributed by atoms with Gasteiger partial charge < -0.3 is 4.74 Å². The van der Waals surface area contributed by atoms with E-state index in [1.807, 2.05) is 43.3 Å². The zero-order valence-corrected chi connectivity index (χ0v) is 14.1. The highest BCUT2D eigenvalue weighted by atomic mass is 16.6. The van der Waals surface area contributed by atoms with Crippen molar-refractivity contribution in [1.29, 1.82) is 0 Å². The quantitative estimate of drug-likeness (QED) is 0.443. The summed E-state index contributed by atoms with van der Waals surface area (Å²) in [5.41, 5.74) is 2.19. The van der Waals surface area contributed by atoms with Crippen LogP contribution in [0.2, 0.25) is 0 Å². The normalized spacial score (nSPS) is 10.2. The van der Waals surface area contributed by atoms with Crippen molar-refractivity contribution in [3.8, 4) is 0 Å². The number of hydrogen-bond donors (Lipinski definition) is 0. The van der Waals surface area contributed by atoms with Crippen molar-refractivity contribution in [1.82, 2.24) is 0 Å². The fourth-order valence-corrected chi connectivity index (χ4v) is 0.892. The summed E-state index contributed by atoms with van der Waals surface area (Å²) in [6, 6.07) is 10.0. The lowest BCUT2D eigenvalue weighted by Gasteiger charge is -1.85. The predicted octanol–water partition coefficient (Wildman–Crippen LogP) is 5.06. The molecule has 0 N–H and O–H groups in total. The second kappa shape index (κ2) is 16.2. The number of hydrogen-bond acceptors (Lipinski definition) is 3. The van der Waals surface area contributed by atoms with Crippen LogP contribution in [0.4, 0.5) is 0 Å². The highest BCUT2D eigenvalue weighted by Gasteiger charge is 2.10. The van der Waals surface area contributed by atoms with E-state index in [1.165, 1.54) is 5.56 Å². The Bertz CT molecular complexity index is 571. The van der Waals surface area contributed by atoms with Crippen LogP contribution < -0.4 is 0 Å². The number of carbonyl (C=O) groups excluding carboxylic acids is 2. The van der Waals surface area contributed by atoms with Crippen LogP contribution in [0.25, 0.3) is 6.08 Å². The SMILES string of the molecule is C=CC(=C)C.C=CC=C.C=Cc1ccccc1.O=C1C=CC(=O)O1. The molecule has 0 saturated carbocycles. The predicted molar refractivity (Wildman–Crippen MR) is 102 cm³/mol. The van der Waals surface area contributed by atoms with Crippen molar-refractivity contribution in [3.63, 3.8) is 0 Å². The molecule has 0 unspecified atom stereocenters. The first kappa shape index (κ1) is 23.1. The minimum atomic E-state index is -0.579. The fourth-order valence-electron chi connectivity index (χ4n) is 0.892. The van der Waals surface area contributed by atoms with Crippen LogP contribution >= 0.6 is 0 Å². The summed E-state index contributed by atoms with van der Waals surface area (Å²) in [4.78, 5) is 19.8. The fraction of sp³-hybridized carbons (Fsp3) is 0.0476. The molecule has 1 aromatic carbocycles. The summed E-state index contributed by atoms with van der Waals surface area (Å²) >= 11 is 0. The molecule has 0 atom stereocenters. The van der Waals surface area contributed by atoms with Gasteiger partial charge in [-0.3, -0.25) is 0 Å². The summed E-state index contributed by atoms with van der Waals surface area (Å²) < 4.78 is 3.97. The van der Waals surface area contributed by atoms with Gasteiger partial charge in [-0.05, 0) is 12.5 Å². The van der Waals surface area contributed by atoms with Crippen LogP contribution in [-0.4, -0.2) is 11.9 Å². The van der Waals surface area contributed by atoms with E-state index < -0.39 is 11.9 Å². The first-order valence-electron chi connectivity index (χ1n) is 7.04. The standard InChI is InChI=1S/C8H8.C5H8.C4H2O3.C4H6/c1-2-8-6-4-3-5-7-8;1-4-5(2)3;5-3-1-2-4(6)7-3;1-3-4-2/h2-7H,1H2;4H,1-2H2,3H3;1-2H;3-4H,1-2H2. The summed E-state index contributed by atoms with van der Waals surface area (Å²) in [6.45, 7) is 19.3. The number of benzene rings is 1. The summed E-state index contributed by atoms with van der Waals surface area (Å²) in [5, 5.41) is 0. The van der Waals surface area contributed by atoms with Crippen LogP contribution in [0.5, 0.6) is 0 Å². The lowest BCUT2D eigenvalue weighted by molar-refractivity contribution is -0.150. The number of esters is 2. The van der Waals surface area contributed by atoms with Gasteiger partial charge in [0.15, 0.2) is 0 Å². The Morgan fingerprint density at radius 2 is 1.33 bits per heavy atom. The molecule has 0 saturated heterocycles. The van der Waals surface area contributed by atoms with Gasteiger partial charge in [-0.25, -0.2) is 9.59 Å². The van der Waals surface area contributed by atoms with Gasteiger partial charge in [-0.2, -0.15) is 0 Å². The van der Waals surface area contributed by atoms with Gasteiger partial charge in [0.2, 0.25) is 0 Å². The first-order valence-corrected chi connectivity index (χ1v) is 7.04. The number of cyclic esters (lactones) is 2. The molecular formula is C21H24O3. The van der Waals surface area contributed by atoms with Gasteiger partial charge >= 0.3 is 11.9 Å². The Hall–Kier alpha value is -3.20. The van der Waals surface area contributed by atoms with E-state index in [4.69, 9.17) is 0 Å². The Morgan fingerprint density at radius 1 is 0.917 bits per heavy atom. The van der Waals surface area contributed by atoms with Gasteiger partial charge in [-0.15, -0.1) is 0 Å². The van der Waals surface area contributed by atoms with Crippen molar-refractivity contribution < 1.29 is 14.3 Å². The Kier molecular flexibility index (Phi) is 15.5. The third-order valence-electron chi connectivity index (χ3n) is 2.11. The molecule has 0 bridgehead atoms. The summed E-state index contributed by atoms with van der Waals surface area (Å²) in [5.74, 6) is -1.16. The zero-order valence-electron chi connectivity index (χ0n) is 14.1. The number of ether oxygens (including phenoxy) is 1. The molecular weight excluding hydrogens is 300 g/mol. The maximum atomic E-state index is 9.92. The van der Waals surface area contributed by atoms with Crippen molar-refractivity contribution in [2.45, 2.75) is 6.92 Å². The van der Waals surface area contributed by atoms with Crippen LogP contribution in [0.1, 0.15) is 12.5 Å². The average Bonchev–Trinajstić information content (AvgIpc) is 2.99. The molecule has 0 fully saturated rings. The molecule has 126 valence electrons. The number of carbonyl (C=O) groups is 2. The summed E-state index contributed by atoms with van der Waals surface area (Å²) in [6.07, 6.45) is 9.00. The summed E-state index contributed by atoms with van der Waals surface area (Å²) in [7, 11) is 0. The van der Waals surface area contributed by atoms with Crippen molar-refractivity contribution in [2.24, 2.45) is 0 Å². The maximum absolute atomic E-state index is 9.92. The Labute approximate surface area is 144 Å². The molecule has 0 spiro atoms. The highest BCUT2D eigenvalue weighted by Crippen LogP contribution is 1.97. The average molecular weight is 324 g/mol.